The summed E-state index contributed by atoms with van der Waals surface area (Å²) in [6.45, 7) is 2.95. The fraction of sp³-hybridized carbons (Fsp3) is 0.757. The van der Waals surface area contributed by atoms with Crippen LogP contribution in [0, 0.1) is 0 Å². The average molecular weight is 857 g/mol. The van der Waals surface area contributed by atoms with E-state index in [4.69, 9.17) is 28.6 Å². The Morgan fingerprint density at radius 1 is 0.627 bits per heavy atom. The van der Waals surface area contributed by atoms with Crippen LogP contribution in [0.2, 0.25) is 0 Å². The largest absolute Gasteiger partial charge is 0.379 e. The molecule has 4 rings (SSSR count). The first-order valence-electron chi connectivity index (χ1n) is 20.2. The molecule has 21 nitrogen and oxygen atoms in total. The summed E-state index contributed by atoms with van der Waals surface area (Å²) in [6.07, 6.45) is 2.94. The highest BCUT2D eigenvalue weighted by Gasteiger charge is 2.42. The number of ether oxygens (including phenoxy) is 4. The molecule has 4 heterocycles. The van der Waals surface area contributed by atoms with E-state index in [0.717, 1.165) is 25.0 Å². The minimum absolute atomic E-state index is 0.00319. The number of fused-ring (bicyclic) bond motifs is 1. The lowest BCUT2D eigenvalue weighted by atomic mass is 10.0. The van der Waals surface area contributed by atoms with Crippen molar-refractivity contribution in [2.45, 2.75) is 101 Å². The topological polar surface area (TPSA) is 255 Å². The van der Waals surface area contributed by atoms with Gasteiger partial charge in [-0.05, 0) is 25.7 Å². The van der Waals surface area contributed by atoms with Crippen molar-refractivity contribution in [3.8, 4) is 0 Å². The van der Waals surface area contributed by atoms with Crippen LogP contribution in [-0.4, -0.2) is 164 Å². The Labute approximate surface area is 346 Å². The van der Waals surface area contributed by atoms with Gasteiger partial charge in [0.15, 0.2) is 0 Å². The molecular formula is C37H56N6O15S. The number of carbonyl (C=O) groups excluding carboxylic acids is 9. The van der Waals surface area contributed by atoms with E-state index in [1.807, 2.05) is 11.8 Å². The Kier molecular flexibility index (Phi) is 20.8. The molecular weight excluding hydrogens is 801 g/mol. The van der Waals surface area contributed by atoms with Crippen LogP contribution in [0.5, 0.6) is 0 Å². The van der Waals surface area contributed by atoms with Crippen LogP contribution in [0.25, 0.3) is 0 Å². The first kappa shape index (κ1) is 47.3. The number of imide groups is 2. The third-order valence-electron chi connectivity index (χ3n) is 9.59. The summed E-state index contributed by atoms with van der Waals surface area (Å²) in [4.78, 5) is 119. The van der Waals surface area contributed by atoms with Crippen molar-refractivity contribution in [3.05, 3.63) is 0 Å². The molecule has 4 aliphatic rings. The molecule has 3 N–H and O–H groups in total. The Bertz CT molecular complexity index is 1400. The van der Waals surface area contributed by atoms with Gasteiger partial charge in [-0.1, -0.05) is 6.42 Å². The van der Waals surface area contributed by atoms with Crippen LogP contribution in [0.1, 0.15) is 83.5 Å². The van der Waals surface area contributed by atoms with Crippen molar-refractivity contribution in [2.75, 3.05) is 78.2 Å². The standard InChI is InChI=1S/C37H56N6O15S/c44-28(6-2-1-5-27-36-26(25-59-27)39-37(52)40-36)38-14-18-54-20-22-56-24-23-55-21-19-53-17-13-29(45)41(15-3-7-34(50)57-42-30(46)9-10-31(42)47)16-4-8-35(51)58-43-32(48)11-12-33(43)49/h26-27,36H,1-25H2,(H,38,44)(H2,39,40,52)/t26-,27-,36-/m0/s1. The van der Waals surface area contributed by atoms with E-state index >= 15 is 0 Å². The van der Waals surface area contributed by atoms with Gasteiger partial charge in [0.1, 0.15) is 0 Å². The Balaban J connectivity index is 0.970. The third-order valence-corrected chi connectivity index (χ3v) is 11.1. The molecule has 4 fully saturated rings. The monoisotopic (exact) mass is 856 g/mol. The molecule has 0 aromatic carbocycles. The molecule has 0 aliphatic carbocycles. The summed E-state index contributed by atoms with van der Waals surface area (Å²) in [5, 5.41) is 10.1. The number of rotatable bonds is 30. The summed E-state index contributed by atoms with van der Waals surface area (Å²) in [6, 6.07) is 0.305. The van der Waals surface area contributed by atoms with Gasteiger partial charge in [-0.15, -0.1) is 10.1 Å². The van der Waals surface area contributed by atoms with E-state index in [1.54, 1.807) is 0 Å². The summed E-state index contributed by atoms with van der Waals surface area (Å²) in [5.41, 5.74) is 0. The fourth-order valence-corrected chi connectivity index (χ4v) is 8.05. The fourth-order valence-electron chi connectivity index (χ4n) is 6.50. The van der Waals surface area contributed by atoms with Crippen molar-refractivity contribution in [1.82, 2.24) is 31.0 Å². The van der Waals surface area contributed by atoms with E-state index in [0.29, 0.717) is 61.4 Å². The molecule has 330 valence electrons. The van der Waals surface area contributed by atoms with Crippen LogP contribution in [0.4, 0.5) is 4.79 Å². The molecule has 0 aromatic rings. The van der Waals surface area contributed by atoms with Crippen LogP contribution in [0.15, 0.2) is 0 Å². The lowest BCUT2D eigenvalue weighted by Gasteiger charge is -2.23. The number of nitrogens with one attached hydrogen (secondary N) is 3. The zero-order chi connectivity index (χ0) is 42.4. The third kappa shape index (κ3) is 17.0. The number of unbranched alkanes of at least 4 members (excludes halogenated alkanes) is 1. The predicted octanol–water partition coefficient (Wildman–Crippen LogP) is -0.112. The highest BCUT2D eigenvalue weighted by molar-refractivity contribution is 8.00. The van der Waals surface area contributed by atoms with Crippen LogP contribution in [0.3, 0.4) is 0 Å². The predicted molar refractivity (Wildman–Crippen MR) is 204 cm³/mol. The summed E-state index contributed by atoms with van der Waals surface area (Å²) in [7, 11) is 0. The van der Waals surface area contributed by atoms with Crippen molar-refractivity contribution in [3.63, 3.8) is 0 Å². The molecule has 59 heavy (non-hydrogen) atoms. The molecule has 0 aromatic heterocycles. The summed E-state index contributed by atoms with van der Waals surface area (Å²) < 4.78 is 22.0. The molecule has 0 spiro atoms. The maximum absolute atomic E-state index is 13.0. The van der Waals surface area contributed by atoms with Crippen molar-refractivity contribution >= 4 is 65.2 Å². The van der Waals surface area contributed by atoms with Gasteiger partial charge in [0.05, 0.1) is 71.4 Å². The van der Waals surface area contributed by atoms with Crippen molar-refractivity contribution < 1.29 is 71.8 Å². The van der Waals surface area contributed by atoms with Gasteiger partial charge in [-0.2, -0.15) is 11.8 Å². The Morgan fingerprint density at radius 2 is 1.14 bits per heavy atom. The van der Waals surface area contributed by atoms with Gasteiger partial charge in [-0.25, -0.2) is 14.4 Å². The van der Waals surface area contributed by atoms with E-state index in [9.17, 15) is 43.2 Å². The highest BCUT2D eigenvalue weighted by atomic mass is 32.2. The molecule has 4 saturated heterocycles. The first-order chi connectivity index (χ1) is 28.5. The second-order valence-corrected chi connectivity index (χ2v) is 15.4. The van der Waals surface area contributed by atoms with Crippen LogP contribution < -0.4 is 16.0 Å². The quantitative estimate of drug-likeness (QED) is 0.0484. The number of hydrogen-bond acceptors (Lipinski definition) is 16. The summed E-state index contributed by atoms with van der Waals surface area (Å²) >= 11 is 1.87. The van der Waals surface area contributed by atoms with Gasteiger partial charge in [-0.3, -0.25) is 28.8 Å². The smallest absolute Gasteiger partial charge is 0.333 e. The zero-order valence-corrected chi connectivity index (χ0v) is 34.1. The maximum atomic E-state index is 13.0. The molecule has 22 heteroatoms. The number of hydroxylamine groups is 4. The van der Waals surface area contributed by atoms with Crippen LogP contribution in [-0.2, 0) is 67.0 Å². The molecule has 8 amide bonds. The molecule has 4 aliphatic heterocycles. The SMILES string of the molecule is O=C(CCCC[C@@H]1SC[C@@H]2NC(=O)N[C@@H]21)NCCOCCOCCOCCOCCC(=O)N(CCCC(=O)ON1C(=O)CCC1=O)CCCC(=O)ON1C(=O)CCC1=O. The first-order valence-corrected chi connectivity index (χ1v) is 21.2. The Hall–Kier alpha value is -4.38. The van der Waals surface area contributed by atoms with E-state index in [1.165, 1.54) is 4.90 Å². The van der Waals surface area contributed by atoms with Crippen LogP contribution >= 0.6 is 11.8 Å². The van der Waals surface area contributed by atoms with E-state index < -0.39 is 35.6 Å². The van der Waals surface area contributed by atoms with Gasteiger partial charge >= 0.3 is 18.0 Å². The van der Waals surface area contributed by atoms with Crippen molar-refractivity contribution in [1.29, 1.82) is 0 Å². The van der Waals surface area contributed by atoms with E-state index in [2.05, 4.69) is 16.0 Å². The molecule has 3 atom stereocenters. The number of carbonyl (C=O) groups is 9. The number of hydrogen-bond donors (Lipinski definition) is 3. The number of amides is 8. The Morgan fingerprint density at radius 3 is 1.68 bits per heavy atom. The average Bonchev–Trinajstić information content (AvgIpc) is 3.95. The van der Waals surface area contributed by atoms with Gasteiger partial charge in [0.25, 0.3) is 23.6 Å². The van der Waals surface area contributed by atoms with Gasteiger partial charge < -0.3 is 49.5 Å². The maximum Gasteiger partial charge on any atom is 0.333 e. The molecule has 0 unspecified atom stereocenters. The van der Waals surface area contributed by atoms with Gasteiger partial charge in [0.2, 0.25) is 11.8 Å². The second kappa shape index (κ2) is 26.0. The van der Waals surface area contributed by atoms with E-state index in [-0.39, 0.29) is 121 Å². The number of thioether (sulfide) groups is 1. The molecule has 0 bridgehead atoms. The normalized spacial score (nSPS) is 19.9. The minimum Gasteiger partial charge on any atom is -0.379 e. The molecule has 0 radical (unpaired) electrons. The molecule has 0 saturated carbocycles. The summed E-state index contributed by atoms with van der Waals surface area (Å²) in [5.74, 6) is -3.41. The second-order valence-electron chi connectivity index (χ2n) is 14.1. The number of nitrogens with zero attached hydrogens (tertiary/aromatic N) is 3. The lowest BCUT2D eigenvalue weighted by molar-refractivity contribution is -0.197. The highest BCUT2D eigenvalue weighted by Crippen LogP contribution is 2.33. The van der Waals surface area contributed by atoms with Crippen molar-refractivity contribution in [2.24, 2.45) is 0 Å². The lowest BCUT2D eigenvalue weighted by Crippen LogP contribution is -2.36. The van der Waals surface area contributed by atoms with Gasteiger partial charge in [0, 0.05) is 75.6 Å². The minimum atomic E-state index is -0.805. The number of urea groups is 1. The zero-order valence-electron chi connectivity index (χ0n) is 33.3.